The summed E-state index contributed by atoms with van der Waals surface area (Å²) >= 11 is 0. The van der Waals surface area contributed by atoms with Gasteiger partial charge in [-0.2, -0.15) is 8.42 Å². The fourth-order valence-electron chi connectivity index (χ4n) is 0. The molecule has 0 aliphatic rings. The average molecular weight is 187 g/mol. The number of hydrogen-bond acceptors (Lipinski definition) is 2. The second kappa shape index (κ2) is 3.36. The van der Waals surface area contributed by atoms with Gasteiger partial charge in [0.25, 0.3) is 0 Å². The summed E-state index contributed by atoms with van der Waals surface area (Å²) in [6, 6.07) is 0. The Labute approximate surface area is 75.8 Å². The van der Waals surface area contributed by atoms with Crippen LogP contribution in [0.15, 0.2) is 0 Å². The summed E-state index contributed by atoms with van der Waals surface area (Å²) in [6.07, 6.45) is 0. The van der Waals surface area contributed by atoms with Crippen LogP contribution in [0.4, 0.5) is 0 Å². The van der Waals surface area contributed by atoms with Gasteiger partial charge in [0, 0.05) is 0 Å². The van der Waals surface area contributed by atoms with Crippen molar-refractivity contribution in [3.63, 3.8) is 0 Å². The van der Waals surface area contributed by atoms with Crippen molar-refractivity contribution in [3.05, 3.63) is 0 Å². The van der Waals surface area contributed by atoms with Gasteiger partial charge in [0.2, 0.25) is 0 Å². The molecule has 0 aromatic heterocycles. The molecule has 0 atom stereocenters. The van der Waals surface area contributed by atoms with Crippen LogP contribution in [0.5, 0.6) is 0 Å². The third-order valence-electron chi connectivity index (χ3n) is 0. The molecule has 0 amide bonds. The van der Waals surface area contributed by atoms with Gasteiger partial charge in [-0.1, -0.05) is 0 Å². The van der Waals surface area contributed by atoms with E-state index in [-0.39, 0.29) is 48.3 Å². The van der Waals surface area contributed by atoms with Crippen molar-refractivity contribution in [2.24, 2.45) is 5.14 Å². The number of rotatable bonds is 0. The summed E-state index contributed by atoms with van der Waals surface area (Å²) in [7, 11) is -4.17. The fourth-order valence-corrected chi connectivity index (χ4v) is 0. The van der Waals surface area contributed by atoms with Crippen LogP contribution in [-0.2, 0) is 10.3 Å². The van der Waals surface area contributed by atoms with Crippen molar-refractivity contribution in [1.82, 2.24) is 0 Å². The summed E-state index contributed by atoms with van der Waals surface area (Å²) in [5.74, 6) is 0. The minimum Gasteiger partial charge on any atom is -1.00 e. The van der Waals surface area contributed by atoms with Crippen LogP contribution in [0, 0.1) is 0 Å². The van der Waals surface area contributed by atoms with Crippen LogP contribution < -0.4 is 5.14 Å². The molecule has 6 heavy (non-hydrogen) atoms. The molecule has 6 heteroatoms. The Morgan fingerprint density at radius 1 is 1.67 bits per heavy atom. The first-order chi connectivity index (χ1) is 2.00. The van der Waals surface area contributed by atoms with E-state index in [0.717, 1.165) is 0 Å². The Morgan fingerprint density at radius 3 is 1.67 bits per heavy atom. The SMILES string of the molecule is NS(=O)(=O)O.[H-].[H-].[Sr+2]. The maximum absolute atomic E-state index is 8.97. The molecule has 0 radical (unpaired) electrons. The van der Waals surface area contributed by atoms with Crippen molar-refractivity contribution in [2.45, 2.75) is 0 Å². The zero-order chi connectivity index (χ0) is 4.50. The molecule has 0 heterocycles. The molecule has 0 aliphatic carbocycles. The van der Waals surface area contributed by atoms with E-state index in [1.807, 2.05) is 0 Å². The second-order valence-corrected chi connectivity index (χ2v) is 1.54. The topological polar surface area (TPSA) is 80.4 Å². The van der Waals surface area contributed by atoms with E-state index < -0.39 is 10.3 Å². The predicted molar refractivity (Wildman–Crippen MR) is 23.7 cm³/mol. The van der Waals surface area contributed by atoms with Gasteiger partial charge in [-0.25, -0.2) is 5.14 Å². The molecule has 0 saturated carbocycles. The summed E-state index contributed by atoms with van der Waals surface area (Å²) in [6.45, 7) is 0. The van der Waals surface area contributed by atoms with Gasteiger partial charge in [-0.05, 0) is 0 Å². The van der Waals surface area contributed by atoms with Gasteiger partial charge < -0.3 is 2.85 Å². The Balaban J connectivity index is -0.0000000267. The van der Waals surface area contributed by atoms with Crippen LogP contribution in [0.1, 0.15) is 2.85 Å². The first-order valence-corrected chi connectivity index (χ1v) is 2.25. The van der Waals surface area contributed by atoms with E-state index in [2.05, 4.69) is 5.14 Å². The maximum Gasteiger partial charge on any atom is 2.00 e. The second-order valence-electron chi connectivity index (χ2n) is 0.515. The molecular weight excluding hydrogens is 182 g/mol. The molecule has 0 unspecified atom stereocenters. The first-order valence-electron chi connectivity index (χ1n) is 0.752. The maximum atomic E-state index is 8.97. The van der Waals surface area contributed by atoms with Gasteiger partial charge in [-0.3, -0.25) is 4.55 Å². The summed E-state index contributed by atoms with van der Waals surface area (Å²) < 4.78 is 25.2. The minimum absolute atomic E-state index is 0. The molecular formula is H5NO3SSr. The molecule has 0 fully saturated rings. The van der Waals surface area contributed by atoms with E-state index in [9.17, 15) is 0 Å². The van der Waals surface area contributed by atoms with Gasteiger partial charge in [0.15, 0.2) is 0 Å². The van der Waals surface area contributed by atoms with Gasteiger partial charge in [0.05, 0.1) is 0 Å². The minimum atomic E-state index is -4.17. The standard InChI is InChI=1S/H3NO3S.Sr.2H/c1-5(2,3)4;;;/h(H3,1,2,3,4);;;/q;+2;2*-1. The largest absolute Gasteiger partial charge is 2.00 e. The Hall–Kier alpha value is 1.35. The molecule has 0 aromatic rings. The first kappa shape index (κ1) is 10.4. The molecule has 3 N–H and O–H groups in total. The number of nitrogens with two attached hydrogens (primary N) is 1. The van der Waals surface area contributed by atoms with Crippen molar-refractivity contribution < 1.29 is 15.8 Å². The molecule has 0 saturated heterocycles. The summed E-state index contributed by atoms with van der Waals surface area (Å²) in [4.78, 5) is 0. The van der Waals surface area contributed by atoms with E-state index in [0.29, 0.717) is 0 Å². The van der Waals surface area contributed by atoms with E-state index in [1.165, 1.54) is 0 Å². The van der Waals surface area contributed by atoms with Crippen molar-refractivity contribution in [2.75, 3.05) is 0 Å². The Morgan fingerprint density at radius 2 is 1.67 bits per heavy atom. The van der Waals surface area contributed by atoms with Crippen molar-refractivity contribution in [3.8, 4) is 0 Å². The molecule has 0 aliphatic heterocycles. The molecule has 0 aromatic carbocycles. The predicted octanol–water partition coefficient (Wildman–Crippen LogP) is -1.41. The smallest absolute Gasteiger partial charge is 1.00 e. The molecule has 0 spiro atoms. The van der Waals surface area contributed by atoms with Gasteiger partial charge in [-0.15, -0.1) is 0 Å². The molecule has 0 rings (SSSR count). The van der Waals surface area contributed by atoms with E-state index in [4.69, 9.17) is 13.0 Å². The quantitative estimate of drug-likeness (QED) is 0.361. The molecule has 36 valence electrons. The van der Waals surface area contributed by atoms with Gasteiger partial charge in [0.1, 0.15) is 0 Å². The van der Waals surface area contributed by atoms with Crippen LogP contribution in [0.3, 0.4) is 0 Å². The third-order valence-corrected chi connectivity index (χ3v) is 0. The molecule has 0 bridgehead atoms. The van der Waals surface area contributed by atoms with Crippen LogP contribution in [0.2, 0.25) is 0 Å². The van der Waals surface area contributed by atoms with Gasteiger partial charge >= 0.3 is 55.8 Å². The fraction of sp³-hybridized carbons (Fsp3) is 0. The third kappa shape index (κ3) is 55.5. The molecule has 4 nitrogen and oxygen atoms in total. The van der Waals surface area contributed by atoms with Crippen molar-refractivity contribution in [1.29, 1.82) is 0 Å². The summed E-state index contributed by atoms with van der Waals surface area (Å²) in [5, 5.41) is 3.88. The summed E-state index contributed by atoms with van der Waals surface area (Å²) in [5.41, 5.74) is 0. The van der Waals surface area contributed by atoms with E-state index in [1.54, 1.807) is 0 Å². The van der Waals surface area contributed by atoms with E-state index >= 15 is 0 Å². The Kier molecular flexibility index (Phi) is 5.81. The number of hydrogen-bond donors (Lipinski definition) is 2. The van der Waals surface area contributed by atoms with Crippen LogP contribution in [-0.4, -0.2) is 58.5 Å². The normalized spacial score (nSPS) is 9.67. The monoisotopic (exact) mass is 187 g/mol. The van der Waals surface area contributed by atoms with Crippen molar-refractivity contribution >= 4 is 55.8 Å². The zero-order valence-corrected chi connectivity index (χ0v) is 7.25. The van der Waals surface area contributed by atoms with Crippen LogP contribution >= 0.6 is 0 Å². The Bertz CT molecular complexity index is 100. The van der Waals surface area contributed by atoms with Crippen LogP contribution in [0.25, 0.3) is 0 Å². The zero-order valence-electron chi connectivity index (χ0n) is 4.96. The average Bonchev–Trinajstić information content (AvgIpc) is 0.722.